The quantitative estimate of drug-likeness (QED) is 0.758. The summed E-state index contributed by atoms with van der Waals surface area (Å²) in [5.74, 6) is 0.801. The van der Waals surface area contributed by atoms with Gasteiger partial charge in [-0.3, -0.25) is 0 Å². The van der Waals surface area contributed by atoms with Crippen LogP contribution in [0.25, 0.3) is 0 Å². The van der Waals surface area contributed by atoms with Crippen molar-refractivity contribution in [3.8, 4) is 0 Å². The molecule has 0 bridgehead atoms. The molecular weight excluding hydrogens is 186 g/mol. The lowest BCUT2D eigenvalue weighted by Gasteiger charge is -2.40. The van der Waals surface area contributed by atoms with E-state index in [0.29, 0.717) is 0 Å². The third-order valence-corrected chi connectivity index (χ3v) is 4.14. The monoisotopic (exact) mass is 211 g/mol. The molecule has 2 nitrogen and oxygen atoms in total. The molecular formula is C13H25NO. The Balaban J connectivity index is 1.85. The van der Waals surface area contributed by atoms with Gasteiger partial charge in [0.15, 0.2) is 0 Å². The van der Waals surface area contributed by atoms with Gasteiger partial charge in [-0.25, -0.2) is 0 Å². The van der Waals surface area contributed by atoms with Crippen LogP contribution in [0.4, 0.5) is 0 Å². The Hall–Kier alpha value is -0.0800. The summed E-state index contributed by atoms with van der Waals surface area (Å²) in [5.41, 5.74) is -0.366. The molecule has 1 saturated heterocycles. The molecule has 1 aliphatic carbocycles. The van der Waals surface area contributed by atoms with Crippen LogP contribution < -0.4 is 0 Å². The Morgan fingerprint density at radius 1 is 1.20 bits per heavy atom. The van der Waals surface area contributed by atoms with Gasteiger partial charge in [0.05, 0.1) is 5.60 Å². The fraction of sp³-hybridized carbons (Fsp3) is 1.00. The number of hydrogen-bond acceptors (Lipinski definition) is 2. The lowest BCUT2D eigenvalue weighted by atomic mass is 9.78. The molecule has 0 amide bonds. The molecule has 1 unspecified atom stereocenters. The Morgan fingerprint density at radius 2 is 1.93 bits per heavy atom. The van der Waals surface area contributed by atoms with Gasteiger partial charge >= 0.3 is 0 Å². The highest BCUT2D eigenvalue weighted by Crippen LogP contribution is 2.34. The summed E-state index contributed by atoms with van der Waals surface area (Å²) in [7, 11) is 2.13. The number of rotatable bonds is 2. The molecule has 1 aliphatic heterocycles. The van der Waals surface area contributed by atoms with Crippen LogP contribution in [-0.4, -0.2) is 35.7 Å². The standard InChI is InChI=1S/C13H25NO/c1-14-9-5-8-13(15,11-14)10-12-6-3-2-4-7-12/h12,15H,2-11H2,1H3. The first-order valence-corrected chi connectivity index (χ1v) is 6.59. The molecule has 0 radical (unpaired) electrons. The highest BCUT2D eigenvalue weighted by atomic mass is 16.3. The minimum Gasteiger partial charge on any atom is -0.389 e. The first kappa shape index (κ1) is 11.4. The van der Waals surface area contributed by atoms with E-state index in [1.807, 2.05) is 0 Å². The predicted molar refractivity (Wildman–Crippen MR) is 62.9 cm³/mol. The maximum Gasteiger partial charge on any atom is 0.0777 e. The average Bonchev–Trinajstić information content (AvgIpc) is 2.18. The van der Waals surface area contributed by atoms with Crippen LogP contribution in [0.5, 0.6) is 0 Å². The number of nitrogens with zero attached hydrogens (tertiary/aromatic N) is 1. The van der Waals surface area contributed by atoms with E-state index in [-0.39, 0.29) is 5.60 Å². The smallest absolute Gasteiger partial charge is 0.0777 e. The van der Waals surface area contributed by atoms with E-state index in [1.54, 1.807) is 0 Å². The highest BCUT2D eigenvalue weighted by molar-refractivity contribution is 4.88. The van der Waals surface area contributed by atoms with Crippen LogP contribution >= 0.6 is 0 Å². The second-order valence-electron chi connectivity index (χ2n) is 5.77. The molecule has 2 aliphatic rings. The molecule has 0 aromatic rings. The molecule has 15 heavy (non-hydrogen) atoms. The van der Waals surface area contributed by atoms with Crippen LogP contribution in [0.3, 0.4) is 0 Å². The van der Waals surface area contributed by atoms with Gasteiger partial charge in [-0.05, 0) is 38.8 Å². The van der Waals surface area contributed by atoms with Crippen LogP contribution in [0.1, 0.15) is 51.4 Å². The summed E-state index contributed by atoms with van der Waals surface area (Å²) in [5, 5.41) is 10.6. The molecule has 0 aromatic heterocycles. The van der Waals surface area contributed by atoms with E-state index in [4.69, 9.17) is 0 Å². The number of hydrogen-bond donors (Lipinski definition) is 1. The number of β-amino-alcohol motifs (C(OH)–C–C–N with tert-alkyl or cyclic N) is 1. The van der Waals surface area contributed by atoms with Gasteiger partial charge in [-0.1, -0.05) is 32.1 Å². The summed E-state index contributed by atoms with van der Waals surface area (Å²) in [6, 6.07) is 0. The van der Waals surface area contributed by atoms with Crippen molar-refractivity contribution in [1.29, 1.82) is 0 Å². The minimum atomic E-state index is -0.366. The van der Waals surface area contributed by atoms with E-state index < -0.39 is 0 Å². The zero-order chi connectivity index (χ0) is 10.7. The molecule has 0 spiro atoms. The number of likely N-dealkylation sites (N-methyl/N-ethyl adjacent to an activating group) is 1. The number of aliphatic hydroxyl groups is 1. The van der Waals surface area contributed by atoms with Gasteiger partial charge in [0.1, 0.15) is 0 Å². The molecule has 0 aromatic carbocycles. The average molecular weight is 211 g/mol. The maximum absolute atomic E-state index is 10.6. The normalized spacial score (nSPS) is 35.6. The second-order valence-corrected chi connectivity index (χ2v) is 5.77. The van der Waals surface area contributed by atoms with Crippen LogP contribution in [0, 0.1) is 5.92 Å². The van der Waals surface area contributed by atoms with Crippen molar-refractivity contribution < 1.29 is 5.11 Å². The van der Waals surface area contributed by atoms with E-state index in [9.17, 15) is 5.11 Å². The Kier molecular flexibility index (Phi) is 3.68. The lowest BCUT2D eigenvalue weighted by Crippen LogP contribution is -2.47. The van der Waals surface area contributed by atoms with E-state index in [0.717, 1.165) is 31.8 Å². The summed E-state index contributed by atoms with van der Waals surface area (Å²) in [6.45, 7) is 2.05. The van der Waals surface area contributed by atoms with Crippen LogP contribution in [-0.2, 0) is 0 Å². The molecule has 1 N–H and O–H groups in total. The van der Waals surface area contributed by atoms with Gasteiger partial charge in [-0.2, -0.15) is 0 Å². The van der Waals surface area contributed by atoms with Crippen LogP contribution in [0.15, 0.2) is 0 Å². The predicted octanol–water partition coefficient (Wildman–Crippen LogP) is 2.41. The van der Waals surface area contributed by atoms with Crippen molar-refractivity contribution in [2.75, 3.05) is 20.1 Å². The summed E-state index contributed by atoms with van der Waals surface area (Å²) in [6.07, 6.45) is 10.1. The van der Waals surface area contributed by atoms with Crippen molar-refractivity contribution in [3.63, 3.8) is 0 Å². The van der Waals surface area contributed by atoms with Gasteiger partial charge in [0.25, 0.3) is 0 Å². The van der Waals surface area contributed by atoms with E-state index in [2.05, 4.69) is 11.9 Å². The van der Waals surface area contributed by atoms with Crippen molar-refractivity contribution in [2.24, 2.45) is 5.92 Å². The summed E-state index contributed by atoms with van der Waals surface area (Å²) >= 11 is 0. The Bertz CT molecular complexity index is 201. The fourth-order valence-electron chi connectivity index (χ4n) is 3.43. The molecule has 2 fully saturated rings. The van der Waals surface area contributed by atoms with Gasteiger partial charge in [-0.15, -0.1) is 0 Å². The van der Waals surface area contributed by atoms with Gasteiger partial charge in [0, 0.05) is 6.54 Å². The molecule has 2 rings (SSSR count). The zero-order valence-corrected chi connectivity index (χ0v) is 10.0. The molecule has 2 heteroatoms. The van der Waals surface area contributed by atoms with Gasteiger partial charge < -0.3 is 10.0 Å². The Morgan fingerprint density at radius 3 is 2.60 bits per heavy atom. The Labute approximate surface area is 93.7 Å². The van der Waals surface area contributed by atoms with Crippen molar-refractivity contribution >= 4 is 0 Å². The SMILES string of the molecule is CN1CCCC(O)(CC2CCCCC2)C1. The second kappa shape index (κ2) is 4.84. The third kappa shape index (κ3) is 3.18. The van der Waals surface area contributed by atoms with E-state index in [1.165, 1.54) is 38.5 Å². The topological polar surface area (TPSA) is 23.5 Å². The molecule has 1 heterocycles. The van der Waals surface area contributed by atoms with Crippen molar-refractivity contribution in [1.82, 2.24) is 4.90 Å². The minimum absolute atomic E-state index is 0.366. The third-order valence-electron chi connectivity index (χ3n) is 4.14. The number of likely N-dealkylation sites (tertiary alicyclic amines) is 1. The lowest BCUT2D eigenvalue weighted by molar-refractivity contribution is -0.0441. The molecule has 1 saturated carbocycles. The maximum atomic E-state index is 10.6. The zero-order valence-electron chi connectivity index (χ0n) is 10.0. The molecule has 88 valence electrons. The highest BCUT2D eigenvalue weighted by Gasteiger charge is 2.34. The largest absolute Gasteiger partial charge is 0.389 e. The van der Waals surface area contributed by atoms with Crippen molar-refractivity contribution in [3.05, 3.63) is 0 Å². The fourth-order valence-corrected chi connectivity index (χ4v) is 3.43. The van der Waals surface area contributed by atoms with Crippen molar-refractivity contribution in [2.45, 2.75) is 57.0 Å². The van der Waals surface area contributed by atoms with E-state index >= 15 is 0 Å². The summed E-state index contributed by atoms with van der Waals surface area (Å²) < 4.78 is 0. The first-order valence-electron chi connectivity index (χ1n) is 6.59. The first-order chi connectivity index (χ1) is 7.18. The van der Waals surface area contributed by atoms with Gasteiger partial charge in [0.2, 0.25) is 0 Å². The van der Waals surface area contributed by atoms with Crippen LogP contribution in [0.2, 0.25) is 0 Å². The summed E-state index contributed by atoms with van der Waals surface area (Å²) in [4.78, 5) is 2.28. The molecule has 1 atom stereocenters. The number of piperidine rings is 1.